The van der Waals surface area contributed by atoms with Gasteiger partial charge < -0.3 is 9.47 Å². The van der Waals surface area contributed by atoms with Crippen molar-refractivity contribution in [2.75, 3.05) is 12.0 Å². The van der Waals surface area contributed by atoms with Crippen molar-refractivity contribution in [2.24, 2.45) is 5.92 Å². The van der Waals surface area contributed by atoms with Gasteiger partial charge in [-0.2, -0.15) is 5.26 Å². The van der Waals surface area contributed by atoms with Crippen molar-refractivity contribution in [3.63, 3.8) is 0 Å². The number of nitriles is 1. The highest BCUT2D eigenvalue weighted by Gasteiger charge is 2.66. The molecule has 1 aromatic carbocycles. The van der Waals surface area contributed by atoms with Crippen LogP contribution in [0.15, 0.2) is 35.9 Å². The van der Waals surface area contributed by atoms with Crippen LogP contribution in [0.5, 0.6) is 0 Å². The number of carbonyl (C=O) groups is 2. The Bertz CT molecular complexity index is 775. The van der Waals surface area contributed by atoms with Crippen LogP contribution in [0.2, 0.25) is 0 Å². The van der Waals surface area contributed by atoms with Crippen LogP contribution in [0, 0.1) is 17.2 Å². The van der Waals surface area contributed by atoms with Gasteiger partial charge in [0.2, 0.25) is 0 Å². The molecule has 24 heavy (non-hydrogen) atoms. The fourth-order valence-corrected chi connectivity index (χ4v) is 3.57. The Kier molecular flexibility index (Phi) is 3.80. The van der Waals surface area contributed by atoms with Crippen molar-refractivity contribution in [2.45, 2.75) is 31.9 Å². The van der Waals surface area contributed by atoms with Crippen molar-refractivity contribution in [1.82, 2.24) is 0 Å². The van der Waals surface area contributed by atoms with Crippen LogP contribution < -0.4 is 4.90 Å². The molecule has 0 unspecified atom stereocenters. The Balaban J connectivity index is 2.25. The third-order valence-corrected chi connectivity index (χ3v) is 4.67. The van der Waals surface area contributed by atoms with E-state index >= 15 is 0 Å². The SMILES string of the molecule is COC(=O)N1c2ccccc2[C@]2(CC=C(C)C)[C@H](C#N)C(=O)O[C@H]12. The number of amides is 1. The lowest BCUT2D eigenvalue weighted by Gasteiger charge is -2.30. The summed E-state index contributed by atoms with van der Waals surface area (Å²) in [7, 11) is 1.28. The Morgan fingerprint density at radius 1 is 1.46 bits per heavy atom. The second kappa shape index (κ2) is 5.68. The molecule has 0 radical (unpaired) electrons. The van der Waals surface area contributed by atoms with Crippen LogP contribution in [0.4, 0.5) is 10.5 Å². The Labute approximate surface area is 140 Å². The number of esters is 1. The molecule has 1 fully saturated rings. The number of carbonyl (C=O) groups excluding carboxylic acids is 2. The van der Waals surface area contributed by atoms with Crippen molar-refractivity contribution >= 4 is 17.7 Å². The molecular formula is C18H18N2O4. The predicted octanol–water partition coefficient (Wildman–Crippen LogP) is 2.89. The minimum atomic E-state index is -0.978. The highest BCUT2D eigenvalue weighted by Crippen LogP contribution is 2.56. The Morgan fingerprint density at radius 3 is 2.79 bits per heavy atom. The molecule has 2 heterocycles. The molecule has 0 aliphatic carbocycles. The normalized spacial score (nSPS) is 26.9. The maximum Gasteiger partial charge on any atom is 0.417 e. The van der Waals surface area contributed by atoms with E-state index in [0.717, 1.165) is 11.1 Å². The molecule has 2 aliphatic rings. The smallest absolute Gasteiger partial charge is 0.417 e. The van der Waals surface area contributed by atoms with Crippen LogP contribution in [0.25, 0.3) is 0 Å². The third kappa shape index (κ3) is 2.01. The lowest BCUT2D eigenvalue weighted by atomic mass is 9.70. The van der Waals surface area contributed by atoms with Gasteiger partial charge in [-0.15, -0.1) is 0 Å². The molecule has 3 atom stereocenters. The molecule has 6 nitrogen and oxygen atoms in total. The maximum absolute atomic E-state index is 12.3. The molecule has 0 N–H and O–H groups in total. The standard InChI is InChI=1S/C18H18N2O4/c1-11(2)8-9-18-12-6-4-5-7-14(12)20(17(22)23-3)16(18)24-15(21)13(18)10-19/h4-8,13,16H,9H2,1-3H3/t13-,16+,18-/m1/s1. The largest absolute Gasteiger partial charge is 0.452 e. The van der Waals surface area contributed by atoms with Crippen molar-refractivity contribution in [1.29, 1.82) is 5.26 Å². The van der Waals surface area contributed by atoms with Gasteiger partial charge >= 0.3 is 12.1 Å². The summed E-state index contributed by atoms with van der Waals surface area (Å²) in [5.41, 5.74) is 1.51. The van der Waals surface area contributed by atoms with Gasteiger partial charge in [0.1, 0.15) is 0 Å². The molecule has 6 heteroatoms. The number of methoxy groups -OCH3 is 1. The van der Waals surface area contributed by atoms with Crippen molar-refractivity contribution in [3.05, 3.63) is 41.5 Å². The number of para-hydroxylation sites is 1. The number of nitrogens with zero attached hydrogens (tertiary/aromatic N) is 2. The first-order valence-corrected chi connectivity index (χ1v) is 7.67. The minimum absolute atomic E-state index is 0.425. The van der Waals surface area contributed by atoms with E-state index in [1.807, 2.05) is 32.1 Å². The average molecular weight is 326 g/mol. The van der Waals surface area contributed by atoms with E-state index in [9.17, 15) is 14.9 Å². The van der Waals surface area contributed by atoms with Gasteiger partial charge in [-0.3, -0.25) is 4.79 Å². The zero-order chi connectivity index (χ0) is 17.5. The molecule has 1 amide bonds. The van der Waals surface area contributed by atoms with Crippen molar-refractivity contribution < 1.29 is 19.1 Å². The topological polar surface area (TPSA) is 79.6 Å². The molecule has 124 valence electrons. The molecule has 0 spiro atoms. The summed E-state index contributed by atoms with van der Waals surface area (Å²) in [5.74, 6) is -1.58. The maximum atomic E-state index is 12.3. The fraction of sp³-hybridized carbons (Fsp3) is 0.389. The van der Waals surface area contributed by atoms with Crippen molar-refractivity contribution in [3.8, 4) is 6.07 Å². The van der Waals surface area contributed by atoms with E-state index in [2.05, 4.69) is 6.07 Å². The number of anilines is 1. The predicted molar refractivity (Wildman–Crippen MR) is 86.0 cm³/mol. The van der Waals surface area contributed by atoms with Crippen LogP contribution in [0.1, 0.15) is 25.8 Å². The zero-order valence-corrected chi connectivity index (χ0v) is 13.8. The van der Waals surface area contributed by atoms with Gasteiger partial charge in [-0.25, -0.2) is 9.69 Å². The van der Waals surface area contributed by atoms with E-state index in [4.69, 9.17) is 9.47 Å². The fourth-order valence-electron chi connectivity index (χ4n) is 3.57. The van der Waals surface area contributed by atoms with E-state index in [0.29, 0.717) is 12.1 Å². The van der Waals surface area contributed by atoms with E-state index in [1.54, 1.807) is 12.1 Å². The lowest BCUT2D eigenvalue weighted by Crippen LogP contribution is -2.47. The molecule has 0 aromatic heterocycles. The Morgan fingerprint density at radius 2 is 2.17 bits per heavy atom. The first kappa shape index (κ1) is 16.1. The summed E-state index contributed by atoms with van der Waals surface area (Å²) in [5, 5.41) is 9.62. The lowest BCUT2D eigenvalue weighted by molar-refractivity contribution is -0.142. The summed E-state index contributed by atoms with van der Waals surface area (Å²) in [6.07, 6.45) is 0.902. The first-order chi connectivity index (χ1) is 11.5. The Hall–Kier alpha value is -2.81. The minimum Gasteiger partial charge on any atom is -0.452 e. The molecule has 0 saturated carbocycles. The summed E-state index contributed by atoms with van der Waals surface area (Å²) in [6, 6.07) is 9.33. The highest BCUT2D eigenvalue weighted by atomic mass is 16.6. The monoisotopic (exact) mass is 326 g/mol. The van der Waals surface area contributed by atoms with E-state index in [-0.39, 0.29) is 0 Å². The average Bonchev–Trinajstić information content (AvgIpc) is 2.99. The van der Waals surface area contributed by atoms with Gasteiger partial charge in [0.25, 0.3) is 0 Å². The number of hydrogen-bond acceptors (Lipinski definition) is 5. The summed E-state index contributed by atoms with van der Waals surface area (Å²) in [4.78, 5) is 25.9. The zero-order valence-electron chi connectivity index (χ0n) is 13.8. The van der Waals surface area contributed by atoms with Crippen LogP contribution in [-0.4, -0.2) is 25.4 Å². The number of allylic oxidation sites excluding steroid dienone is 2. The number of benzene rings is 1. The summed E-state index contributed by atoms with van der Waals surface area (Å²) >= 11 is 0. The van der Waals surface area contributed by atoms with E-state index in [1.165, 1.54) is 12.0 Å². The summed E-state index contributed by atoms with van der Waals surface area (Å²) in [6.45, 7) is 3.90. The van der Waals surface area contributed by atoms with Gasteiger partial charge in [-0.1, -0.05) is 29.8 Å². The highest BCUT2D eigenvalue weighted by molar-refractivity contribution is 5.96. The van der Waals surface area contributed by atoms with Gasteiger partial charge in [0, 0.05) is 0 Å². The molecule has 2 aliphatic heterocycles. The molecule has 1 aromatic rings. The van der Waals surface area contributed by atoms with Gasteiger partial charge in [0.15, 0.2) is 12.1 Å². The first-order valence-electron chi connectivity index (χ1n) is 7.67. The molecule has 0 bridgehead atoms. The number of ether oxygens (including phenoxy) is 2. The molecule has 3 rings (SSSR count). The second-order valence-corrected chi connectivity index (χ2v) is 6.23. The van der Waals surface area contributed by atoms with Crippen LogP contribution in [-0.2, 0) is 19.7 Å². The third-order valence-electron chi connectivity index (χ3n) is 4.67. The van der Waals surface area contributed by atoms with Crippen LogP contribution >= 0.6 is 0 Å². The molecule has 1 saturated heterocycles. The van der Waals surface area contributed by atoms with Gasteiger partial charge in [0.05, 0.1) is 24.3 Å². The van der Waals surface area contributed by atoms with Gasteiger partial charge in [-0.05, 0) is 31.9 Å². The quantitative estimate of drug-likeness (QED) is 0.617. The number of hydrogen-bond donors (Lipinski definition) is 0. The summed E-state index contributed by atoms with van der Waals surface area (Å²) < 4.78 is 10.3. The second-order valence-electron chi connectivity index (χ2n) is 6.23. The van der Waals surface area contributed by atoms with E-state index < -0.39 is 29.6 Å². The number of rotatable bonds is 2. The van der Waals surface area contributed by atoms with Crippen LogP contribution in [0.3, 0.4) is 0 Å². The molecular weight excluding hydrogens is 308 g/mol. The number of fused-ring (bicyclic) bond motifs is 3.